The summed E-state index contributed by atoms with van der Waals surface area (Å²) in [5.74, 6) is 1.19. The van der Waals surface area contributed by atoms with Crippen molar-refractivity contribution in [3.8, 4) is 11.8 Å². The van der Waals surface area contributed by atoms with Crippen molar-refractivity contribution in [1.29, 1.82) is 5.26 Å². The Morgan fingerprint density at radius 1 is 1.18 bits per heavy atom. The monoisotopic (exact) mass is 461 g/mol. The van der Waals surface area contributed by atoms with Gasteiger partial charge in [-0.3, -0.25) is 9.59 Å². The number of carbonyl (C=O) groups excluding carboxylic acids is 2. The van der Waals surface area contributed by atoms with E-state index in [1.165, 1.54) is 0 Å². The van der Waals surface area contributed by atoms with E-state index in [4.69, 9.17) is 10.00 Å². The summed E-state index contributed by atoms with van der Waals surface area (Å²) in [6.45, 7) is 5.16. The highest BCUT2D eigenvalue weighted by Crippen LogP contribution is 2.40. The largest absolute Gasteiger partial charge is 0.497 e. The molecular formula is C26H31N5O3. The van der Waals surface area contributed by atoms with Gasteiger partial charge in [-0.15, -0.1) is 0 Å². The van der Waals surface area contributed by atoms with E-state index < -0.39 is 5.92 Å². The molecule has 1 aromatic heterocycles. The highest BCUT2D eigenvalue weighted by Gasteiger charge is 2.45. The number of rotatable bonds is 7. The maximum Gasteiger partial charge on any atom is 0.228 e. The molecule has 2 fully saturated rings. The third kappa shape index (κ3) is 4.84. The molecule has 2 saturated heterocycles. The van der Waals surface area contributed by atoms with Crippen LogP contribution in [0.3, 0.4) is 0 Å². The first-order chi connectivity index (χ1) is 16.5. The summed E-state index contributed by atoms with van der Waals surface area (Å²) in [6, 6.07) is 13.1. The molecule has 8 nitrogen and oxygen atoms in total. The zero-order valence-electron chi connectivity index (χ0n) is 19.8. The Morgan fingerprint density at radius 2 is 1.91 bits per heavy atom. The maximum absolute atomic E-state index is 13.7. The minimum Gasteiger partial charge on any atom is -0.497 e. The summed E-state index contributed by atoms with van der Waals surface area (Å²) in [5.41, 5.74) is 1.54. The minimum absolute atomic E-state index is 0.0338. The molecule has 8 heteroatoms. The zero-order valence-corrected chi connectivity index (χ0v) is 19.8. The minimum atomic E-state index is -0.399. The molecule has 2 atom stereocenters. The fourth-order valence-corrected chi connectivity index (χ4v) is 4.87. The van der Waals surface area contributed by atoms with Gasteiger partial charge in [0, 0.05) is 45.3 Å². The number of methoxy groups -OCH3 is 1. The lowest BCUT2D eigenvalue weighted by Crippen LogP contribution is -2.51. The Morgan fingerprint density at radius 3 is 2.56 bits per heavy atom. The van der Waals surface area contributed by atoms with Crippen molar-refractivity contribution in [3.05, 3.63) is 53.7 Å². The Labute approximate surface area is 200 Å². The van der Waals surface area contributed by atoms with Crippen LogP contribution >= 0.6 is 0 Å². The van der Waals surface area contributed by atoms with Crippen LogP contribution in [-0.2, 0) is 9.59 Å². The Bertz CT molecular complexity index is 1060. The number of hydrogen-bond acceptors (Lipinski definition) is 6. The van der Waals surface area contributed by atoms with Crippen LogP contribution in [0, 0.1) is 17.2 Å². The van der Waals surface area contributed by atoms with Gasteiger partial charge in [0.2, 0.25) is 11.8 Å². The van der Waals surface area contributed by atoms with E-state index in [1.807, 2.05) is 34.1 Å². The molecule has 2 amide bonds. The quantitative estimate of drug-likeness (QED) is 0.630. The van der Waals surface area contributed by atoms with Gasteiger partial charge in [-0.05, 0) is 36.2 Å². The third-order valence-corrected chi connectivity index (χ3v) is 6.75. The van der Waals surface area contributed by atoms with Gasteiger partial charge in [-0.1, -0.05) is 25.5 Å². The second-order valence-electron chi connectivity index (χ2n) is 8.80. The summed E-state index contributed by atoms with van der Waals surface area (Å²) in [4.78, 5) is 36.9. The SMILES string of the molecule is CCCCN1C(=O)C[C@@H](C(=O)N2CCN(c3cc(C#N)ccn3)CC2)[C@@H]1c1ccc(OC)cc1. The molecule has 0 saturated carbocycles. The fraction of sp³-hybridized carbons (Fsp3) is 0.462. The number of anilines is 1. The number of likely N-dealkylation sites (tertiary alicyclic amines) is 1. The van der Waals surface area contributed by atoms with Crippen LogP contribution in [0.25, 0.3) is 0 Å². The molecule has 2 aliphatic rings. The van der Waals surface area contributed by atoms with Crippen LogP contribution in [-0.4, -0.2) is 66.4 Å². The first kappa shape index (κ1) is 23.6. The van der Waals surface area contributed by atoms with E-state index in [-0.39, 0.29) is 24.3 Å². The zero-order chi connectivity index (χ0) is 24.1. The molecule has 3 heterocycles. The number of nitriles is 1. The lowest BCUT2D eigenvalue weighted by molar-refractivity contribution is -0.136. The van der Waals surface area contributed by atoms with Crippen molar-refractivity contribution in [2.45, 2.75) is 32.2 Å². The van der Waals surface area contributed by atoms with Crippen molar-refractivity contribution < 1.29 is 14.3 Å². The average molecular weight is 462 g/mol. The molecule has 1 aromatic carbocycles. The van der Waals surface area contributed by atoms with Crippen molar-refractivity contribution >= 4 is 17.6 Å². The summed E-state index contributed by atoms with van der Waals surface area (Å²) in [5, 5.41) is 9.15. The molecule has 0 N–H and O–H groups in total. The summed E-state index contributed by atoms with van der Waals surface area (Å²) in [6.07, 6.45) is 3.78. The number of unbranched alkanes of at least 4 members (excludes halogenated alkanes) is 1. The second-order valence-corrected chi connectivity index (χ2v) is 8.80. The van der Waals surface area contributed by atoms with Crippen LogP contribution in [0.2, 0.25) is 0 Å². The lowest BCUT2D eigenvalue weighted by atomic mass is 9.92. The number of nitrogens with zero attached hydrogens (tertiary/aromatic N) is 5. The van der Waals surface area contributed by atoms with Crippen molar-refractivity contribution in [2.75, 3.05) is 44.7 Å². The fourth-order valence-electron chi connectivity index (χ4n) is 4.87. The van der Waals surface area contributed by atoms with E-state index in [9.17, 15) is 9.59 Å². The molecule has 0 aliphatic carbocycles. The number of benzene rings is 1. The van der Waals surface area contributed by atoms with E-state index in [2.05, 4.69) is 22.9 Å². The molecule has 0 spiro atoms. The van der Waals surface area contributed by atoms with Gasteiger partial charge in [0.15, 0.2) is 0 Å². The van der Waals surface area contributed by atoms with Gasteiger partial charge in [0.05, 0.1) is 30.7 Å². The Hall–Kier alpha value is -3.60. The van der Waals surface area contributed by atoms with Gasteiger partial charge in [-0.2, -0.15) is 5.26 Å². The topological polar surface area (TPSA) is 89.8 Å². The Balaban J connectivity index is 1.50. The molecule has 0 unspecified atom stereocenters. The summed E-state index contributed by atoms with van der Waals surface area (Å²) < 4.78 is 5.29. The first-order valence-electron chi connectivity index (χ1n) is 11.9. The van der Waals surface area contributed by atoms with Gasteiger partial charge >= 0.3 is 0 Å². The van der Waals surface area contributed by atoms with Crippen molar-refractivity contribution in [3.63, 3.8) is 0 Å². The smallest absolute Gasteiger partial charge is 0.228 e. The average Bonchev–Trinajstić information content (AvgIpc) is 3.22. The number of pyridine rings is 1. The van der Waals surface area contributed by atoms with Gasteiger partial charge in [0.25, 0.3) is 0 Å². The van der Waals surface area contributed by atoms with E-state index in [1.54, 1.807) is 25.4 Å². The van der Waals surface area contributed by atoms with Crippen LogP contribution < -0.4 is 9.64 Å². The van der Waals surface area contributed by atoms with Crippen LogP contribution in [0.4, 0.5) is 5.82 Å². The molecule has 178 valence electrons. The van der Waals surface area contributed by atoms with E-state index in [0.717, 1.165) is 30.0 Å². The molecule has 2 aliphatic heterocycles. The van der Waals surface area contributed by atoms with E-state index >= 15 is 0 Å². The van der Waals surface area contributed by atoms with Crippen LogP contribution in [0.5, 0.6) is 5.75 Å². The highest BCUT2D eigenvalue weighted by molar-refractivity contribution is 5.90. The maximum atomic E-state index is 13.7. The molecule has 34 heavy (non-hydrogen) atoms. The molecule has 0 bridgehead atoms. The van der Waals surface area contributed by atoms with Gasteiger partial charge in [-0.25, -0.2) is 4.98 Å². The second kappa shape index (κ2) is 10.6. The predicted octanol–water partition coefficient (Wildman–Crippen LogP) is 3.00. The van der Waals surface area contributed by atoms with Crippen LogP contribution in [0.15, 0.2) is 42.6 Å². The molecule has 4 rings (SSSR count). The summed E-state index contributed by atoms with van der Waals surface area (Å²) >= 11 is 0. The number of hydrogen-bond donors (Lipinski definition) is 0. The van der Waals surface area contributed by atoms with E-state index in [0.29, 0.717) is 38.3 Å². The standard InChI is InChI=1S/C26H31N5O3/c1-3-4-11-31-24(32)17-22(25(31)20-5-7-21(34-2)8-6-20)26(33)30-14-12-29(13-15-30)23-16-19(18-27)9-10-28-23/h5-10,16,22,25H,3-4,11-15,17H2,1-2H3/t22-,25+/m1/s1. The molecule has 2 aromatic rings. The number of piperazine rings is 1. The number of ether oxygens (including phenoxy) is 1. The normalized spacial score (nSPS) is 20.4. The predicted molar refractivity (Wildman–Crippen MR) is 128 cm³/mol. The van der Waals surface area contributed by atoms with Crippen molar-refractivity contribution in [2.24, 2.45) is 5.92 Å². The Kier molecular flexibility index (Phi) is 7.31. The first-order valence-corrected chi connectivity index (χ1v) is 11.9. The number of aromatic nitrogens is 1. The third-order valence-electron chi connectivity index (χ3n) is 6.75. The molecular weight excluding hydrogens is 430 g/mol. The summed E-state index contributed by atoms with van der Waals surface area (Å²) in [7, 11) is 1.62. The molecule has 0 radical (unpaired) electrons. The van der Waals surface area contributed by atoms with Crippen LogP contribution in [0.1, 0.15) is 43.4 Å². The number of amides is 2. The van der Waals surface area contributed by atoms with Gasteiger partial charge < -0.3 is 19.4 Å². The highest BCUT2D eigenvalue weighted by atomic mass is 16.5. The van der Waals surface area contributed by atoms with Crippen molar-refractivity contribution in [1.82, 2.24) is 14.8 Å². The van der Waals surface area contributed by atoms with Gasteiger partial charge in [0.1, 0.15) is 11.6 Å². The number of carbonyl (C=O) groups is 2. The lowest BCUT2D eigenvalue weighted by Gasteiger charge is -2.38.